The lowest BCUT2D eigenvalue weighted by molar-refractivity contribution is -0.00291. The van der Waals surface area contributed by atoms with E-state index < -0.39 is 10.0 Å². The smallest absolute Gasteiger partial charge is 0.214 e. The van der Waals surface area contributed by atoms with Crippen LogP contribution in [0.3, 0.4) is 0 Å². The van der Waals surface area contributed by atoms with Crippen molar-refractivity contribution < 1.29 is 17.9 Å². The van der Waals surface area contributed by atoms with Gasteiger partial charge in [-0.25, -0.2) is 8.42 Å². The Bertz CT molecular complexity index is 595. The quantitative estimate of drug-likeness (QED) is 0.806. The van der Waals surface area contributed by atoms with Crippen LogP contribution in [0.15, 0.2) is 12.4 Å². The van der Waals surface area contributed by atoms with E-state index in [9.17, 15) is 8.42 Å². The summed E-state index contributed by atoms with van der Waals surface area (Å²) in [5.74, 6) is 0.425. The van der Waals surface area contributed by atoms with Crippen molar-refractivity contribution in [3.63, 3.8) is 0 Å². The Morgan fingerprint density at radius 3 is 2.77 bits per heavy atom. The van der Waals surface area contributed by atoms with Crippen molar-refractivity contribution in [2.45, 2.75) is 18.9 Å². The third-order valence-corrected chi connectivity index (χ3v) is 6.32. The molecule has 7 nitrogen and oxygen atoms in total. The molecule has 2 saturated heterocycles. The fourth-order valence-electron chi connectivity index (χ4n) is 3.00. The fraction of sp³-hybridized carbons (Fsp3) is 0.786. The Morgan fingerprint density at radius 1 is 1.32 bits per heavy atom. The monoisotopic (exact) mass is 329 g/mol. The predicted octanol–water partition coefficient (Wildman–Crippen LogP) is 0.550. The second kappa shape index (κ2) is 6.66. The first-order valence-electron chi connectivity index (χ1n) is 7.70. The molecule has 0 unspecified atom stereocenters. The summed E-state index contributed by atoms with van der Waals surface area (Å²) in [5.41, 5.74) is 0.925. The highest BCUT2D eigenvalue weighted by atomic mass is 32.2. The van der Waals surface area contributed by atoms with Gasteiger partial charge in [0.2, 0.25) is 10.0 Å². The maximum Gasteiger partial charge on any atom is 0.214 e. The minimum absolute atomic E-state index is 0.207. The van der Waals surface area contributed by atoms with Gasteiger partial charge in [0, 0.05) is 45.1 Å². The predicted molar refractivity (Wildman–Crippen MR) is 80.8 cm³/mol. The molecule has 2 aliphatic heterocycles. The molecule has 0 spiro atoms. The van der Waals surface area contributed by atoms with Crippen LogP contribution < -0.4 is 0 Å². The molecule has 0 bridgehead atoms. The van der Waals surface area contributed by atoms with E-state index in [1.54, 1.807) is 15.2 Å². The van der Waals surface area contributed by atoms with Crippen molar-refractivity contribution in [1.29, 1.82) is 0 Å². The number of aromatic nitrogens is 2. The van der Waals surface area contributed by atoms with E-state index in [1.165, 1.54) is 0 Å². The SMILES string of the molecule is Cn1cc([C@@H]2CN(S(=O)(=O)CC3CCOCC3)CCO2)cn1. The molecule has 0 N–H and O–H groups in total. The highest BCUT2D eigenvalue weighted by Gasteiger charge is 2.32. The minimum atomic E-state index is -3.25. The molecular formula is C14H23N3O4S. The Hall–Kier alpha value is -0.960. The van der Waals surface area contributed by atoms with Gasteiger partial charge in [0.25, 0.3) is 0 Å². The summed E-state index contributed by atoms with van der Waals surface area (Å²) < 4.78 is 39.6. The molecule has 1 atom stereocenters. The number of morpholine rings is 1. The second-order valence-corrected chi connectivity index (χ2v) is 8.01. The van der Waals surface area contributed by atoms with Gasteiger partial charge >= 0.3 is 0 Å². The molecule has 2 aliphatic rings. The molecule has 8 heteroatoms. The number of rotatable bonds is 4. The lowest BCUT2D eigenvalue weighted by atomic mass is 10.0. The van der Waals surface area contributed by atoms with Crippen molar-refractivity contribution in [1.82, 2.24) is 14.1 Å². The van der Waals surface area contributed by atoms with Crippen molar-refractivity contribution in [3.8, 4) is 0 Å². The zero-order valence-corrected chi connectivity index (χ0v) is 13.7. The number of nitrogens with zero attached hydrogens (tertiary/aromatic N) is 3. The van der Waals surface area contributed by atoms with Gasteiger partial charge in [0.15, 0.2) is 0 Å². The van der Waals surface area contributed by atoms with Crippen molar-refractivity contribution in [2.24, 2.45) is 13.0 Å². The Kier molecular flexibility index (Phi) is 4.82. The summed E-state index contributed by atoms with van der Waals surface area (Å²) >= 11 is 0. The Labute approximate surface area is 131 Å². The van der Waals surface area contributed by atoms with Crippen LogP contribution in [0.2, 0.25) is 0 Å². The van der Waals surface area contributed by atoms with Crippen LogP contribution in [0.25, 0.3) is 0 Å². The molecular weight excluding hydrogens is 306 g/mol. The van der Waals surface area contributed by atoms with Gasteiger partial charge in [-0.1, -0.05) is 0 Å². The average molecular weight is 329 g/mol. The van der Waals surface area contributed by atoms with Crippen LogP contribution in [0.5, 0.6) is 0 Å². The summed E-state index contributed by atoms with van der Waals surface area (Å²) in [6.07, 6.45) is 5.04. The lowest BCUT2D eigenvalue weighted by Gasteiger charge is -2.33. The molecule has 1 aromatic heterocycles. The standard InChI is InChI=1S/C14H23N3O4S/c1-16-9-13(8-15-16)14-10-17(4-7-21-14)22(18,19)11-12-2-5-20-6-3-12/h8-9,12,14H,2-7,10-11H2,1H3/t14-/m0/s1. The summed E-state index contributed by atoms with van der Waals surface area (Å²) in [7, 11) is -1.41. The van der Waals surface area contributed by atoms with Gasteiger partial charge in [0.1, 0.15) is 0 Å². The molecule has 1 aromatic rings. The van der Waals surface area contributed by atoms with Gasteiger partial charge in [-0.2, -0.15) is 9.40 Å². The van der Waals surface area contributed by atoms with Crippen LogP contribution >= 0.6 is 0 Å². The third kappa shape index (κ3) is 3.68. The number of hydrogen-bond acceptors (Lipinski definition) is 5. The van der Waals surface area contributed by atoms with Crippen LogP contribution in [-0.4, -0.2) is 61.2 Å². The van der Waals surface area contributed by atoms with Crippen LogP contribution in [0, 0.1) is 5.92 Å². The van der Waals surface area contributed by atoms with Crippen LogP contribution in [0.4, 0.5) is 0 Å². The van der Waals surface area contributed by atoms with E-state index in [4.69, 9.17) is 9.47 Å². The molecule has 3 heterocycles. The van der Waals surface area contributed by atoms with Crippen molar-refractivity contribution in [2.75, 3.05) is 38.7 Å². The zero-order chi connectivity index (χ0) is 15.6. The summed E-state index contributed by atoms with van der Waals surface area (Å²) in [6, 6.07) is 0. The molecule has 2 fully saturated rings. The van der Waals surface area contributed by atoms with Gasteiger partial charge in [-0.05, 0) is 18.8 Å². The third-order valence-electron chi connectivity index (χ3n) is 4.31. The topological polar surface area (TPSA) is 73.7 Å². The first kappa shape index (κ1) is 15.9. The molecule has 0 aliphatic carbocycles. The Morgan fingerprint density at radius 2 is 2.09 bits per heavy atom. The Balaban J connectivity index is 1.65. The largest absolute Gasteiger partial charge is 0.381 e. The van der Waals surface area contributed by atoms with Crippen LogP contribution in [0.1, 0.15) is 24.5 Å². The van der Waals surface area contributed by atoms with Gasteiger partial charge in [0.05, 0.1) is 24.7 Å². The van der Waals surface area contributed by atoms with Gasteiger partial charge in [-0.15, -0.1) is 0 Å². The second-order valence-electron chi connectivity index (χ2n) is 6.00. The van der Waals surface area contributed by atoms with Crippen molar-refractivity contribution >= 4 is 10.0 Å². The van der Waals surface area contributed by atoms with E-state index in [0.717, 1.165) is 18.4 Å². The molecule has 0 radical (unpaired) electrons. The number of sulfonamides is 1. The first-order valence-corrected chi connectivity index (χ1v) is 9.31. The zero-order valence-electron chi connectivity index (χ0n) is 12.8. The summed E-state index contributed by atoms with van der Waals surface area (Å²) in [5, 5.41) is 4.13. The van der Waals surface area contributed by atoms with E-state index >= 15 is 0 Å². The average Bonchev–Trinajstić information content (AvgIpc) is 2.95. The van der Waals surface area contributed by atoms with Gasteiger partial charge in [-0.3, -0.25) is 4.68 Å². The fourth-order valence-corrected chi connectivity index (χ4v) is 4.86. The van der Waals surface area contributed by atoms with E-state index in [2.05, 4.69) is 5.10 Å². The molecule has 124 valence electrons. The maximum absolute atomic E-state index is 12.6. The number of ether oxygens (including phenoxy) is 2. The summed E-state index contributed by atoms with van der Waals surface area (Å²) in [6.45, 7) is 2.56. The molecule has 0 amide bonds. The molecule has 0 saturated carbocycles. The molecule has 0 aromatic carbocycles. The molecule has 3 rings (SSSR count). The highest BCUT2D eigenvalue weighted by molar-refractivity contribution is 7.89. The van der Waals surface area contributed by atoms with E-state index in [0.29, 0.717) is 32.9 Å². The normalized spacial score (nSPS) is 25.4. The molecule has 22 heavy (non-hydrogen) atoms. The van der Waals surface area contributed by atoms with E-state index in [-0.39, 0.29) is 17.8 Å². The minimum Gasteiger partial charge on any atom is -0.381 e. The first-order chi connectivity index (χ1) is 10.5. The van der Waals surface area contributed by atoms with Crippen molar-refractivity contribution in [3.05, 3.63) is 18.0 Å². The lowest BCUT2D eigenvalue weighted by Crippen LogP contribution is -2.44. The van der Waals surface area contributed by atoms with Gasteiger partial charge < -0.3 is 9.47 Å². The summed E-state index contributed by atoms with van der Waals surface area (Å²) in [4.78, 5) is 0. The van der Waals surface area contributed by atoms with Crippen LogP contribution in [-0.2, 0) is 26.5 Å². The highest BCUT2D eigenvalue weighted by Crippen LogP contribution is 2.25. The number of aryl methyl sites for hydroxylation is 1. The maximum atomic E-state index is 12.6. The number of hydrogen-bond donors (Lipinski definition) is 0. The van der Waals surface area contributed by atoms with E-state index in [1.807, 2.05) is 13.2 Å².